The molecule has 5 nitrogen and oxygen atoms in total. The summed E-state index contributed by atoms with van der Waals surface area (Å²) in [5, 5.41) is 7.54. The summed E-state index contributed by atoms with van der Waals surface area (Å²) in [4.78, 5) is 20.4. The molecule has 0 bridgehead atoms. The van der Waals surface area contributed by atoms with E-state index < -0.39 is 0 Å². The van der Waals surface area contributed by atoms with Crippen LogP contribution < -0.4 is 10.6 Å². The number of carbonyl (C=O) groups is 1. The Bertz CT molecular complexity index is 859. The van der Waals surface area contributed by atoms with Crippen molar-refractivity contribution in [1.82, 2.24) is 9.97 Å². The van der Waals surface area contributed by atoms with E-state index >= 15 is 0 Å². The Labute approximate surface area is 161 Å². The maximum atomic E-state index is 12.0. The van der Waals surface area contributed by atoms with Crippen LogP contribution in [0.5, 0.6) is 0 Å². The summed E-state index contributed by atoms with van der Waals surface area (Å²) in [6.45, 7) is 0.632. The molecule has 3 rings (SSSR count). The van der Waals surface area contributed by atoms with Gasteiger partial charge in [0.05, 0.1) is 5.75 Å². The van der Waals surface area contributed by atoms with Gasteiger partial charge in [0, 0.05) is 23.3 Å². The van der Waals surface area contributed by atoms with Crippen LogP contribution in [0.2, 0.25) is 5.02 Å². The molecule has 1 heterocycles. The summed E-state index contributed by atoms with van der Waals surface area (Å²) in [6, 6.07) is 18.8. The zero-order valence-corrected chi connectivity index (χ0v) is 15.4. The number of hydrogen-bond donors (Lipinski definition) is 2. The smallest absolute Gasteiger partial charge is 0.234 e. The highest BCUT2D eigenvalue weighted by Crippen LogP contribution is 2.18. The first-order chi connectivity index (χ1) is 12.7. The molecule has 0 unspecified atom stereocenters. The normalized spacial score (nSPS) is 10.3. The zero-order chi connectivity index (χ0) is 18.2. The molecule has 0 aliphatic carbocycles. The molecule has 3 aromatic rings. The van der Waals surface area contributed by atoms with Crippen LogP contribution in [0.3, 0.4) is 0 Å². The second-order valence-corrected chi connectivity index (χ2v) is 6.86. The number of para-hydroxylation sites is 1. The van der Waals surface area contributed by atoms with Gasteiger partial charge in [0.15, 0.2) is 0 Å². The summed E-state index contributed by atoms with van der Waals surface area (Å²) in [7, 11) is 0. The molecule has 26 heavy (non-hydrogen) atoms. The van der Waals surface area contributed by atoms with Gasteiger partial charge in [-0.05, 0) is 29.8 Å². The van der Waals surface area contributed by atoms with Crippen LogP contribution in [-0.2, 0) is 11.3 Å². The number of carbonyl (C=O) groups excluding carboxylic acids is 1. The summed E-state index contributed by atoms with van der Waals surface area (Å²) in [5.74, 6) is 0.916. The van der Waals surface area contributed by atoms with Gasteiger partial charge in [-0.3, -0.25) is 4.79 Å². The number of aromatic nitrogens is 2. The number of hydrogen-bond acceptors (Lipinski definition) is 5. The number of nitrogens with one attached hydrogen (secondary N) is 2. The Morgan fingerprint density at radius 3 is 2.58 bits per heavy atom. The van der Waals surface area contributed by atoms with Crippen LogP contribution in [0.15, 0.2) is 72.0 Å². The zero-order valence-electron chi connectivity index (χ0n) is 13.9. The van der Waals surface area contributed by atoms with Gasteiger partial charge in [-0.1, -0.05) is 53.7 Å². The summed E-state index contributed by atoms with van der Waals surface area (Å²) in [6.07, 6.45) is 1.49. The number of amides is 1. The van der Waals surface area contributed by atoms with E-state index in [1.165, 1.54) is 18.1 Å². The first-order valence-electron chi connectivity index (χ1n) is 7.97. The number of benzene rings is 2. The minimum Gasteiger partial charge on any atom is -0.366 e. The SMILES string of the molecule is O=C(CSc1cc(NCc2ccc(Cl)cc2)ncn1)Nc1ccccc1. The van der Waals surface area contributed by atoms with Crippen molar-refractivity contribution in [1.29, 1.82) is 0 Å². The lowest BCUT2D eigenvalue weighted by Gasteiger charge is -2.07. The summed E-state index contributed by atoms with van der Waals surface area (Å²) >= 11 is 7.25. The maximum absolute atomic E-state index is 12.0. The standard InChI is InChI=1S/C19H17ClN4OS/c20-15-8-6-14(7-9-15)11-21-17-10-19(23-13-22-17)26-12-18(25)24-16-4-2-1-3-5-16/h1-10,13H,11-12H2,(H,24,25)(H,21,22,23). The maximum Gasteiger partial charge on any atom is 0.234 e. The second kappa shape index (κ2) is 9.22. The first-order valence-corrected chi connectivity index (χ1v) is 9.33. The van der Waals surface area contributed by atoms with Crippen LogP contribution in [0.25, 0.3) is 0 Å². The second-order valence-electron chi connectivity index (χ2n) is 5.42. The van der Waals surface area contributed by atoms with E-state index in [9.17, 15) is 4.79 Å². The average molecular weight is 385 g/mol. The van der Waals surface area contributed by atoms with E-state index in [2.05, 4.69) is 20.6 Å². The molecule has 1 amide bonds. The predicted molar refractivity (Wildman–Crippen MR) is 107 cm³/mol. The van der Waals surface area contributed by atoms with Crippen molar-refractivity contribution in [2.45, 2.75) is 11.6 Å². The van der Waals surface area contributed by atoms with E-state index in [-0.39, 0.29) is 11.7 Å². The minimum absolute atomic E-state index is 0.0736. The Hall–Kier alpha value is -2.57. The molecular formula is C19H17ClN4OS. The van der Waals surface area contributed by atoms with Gasteiger partial charge >= 0.3 is 0 Å². The van der Waals surface area contributed by atoms with Crippen molar-refractivity contribution in [3.63, 3.8) is 0 Å². The molecule has 2 aromatic carbocycles. The lowest BCUT2D eigenvalue weighted by atomic mass is 10.2. The molecule has 2 N–H and O–H groups in total. The summed E-state index contributed by atoms with van der Waals surface area (Å²) in [5.41, 5.74) is 1.88. The fourth-order valence-corrected chi connectivity index (χ4v) is 2.96. The van der Waals surface area contributed by atoms with E-state index in [0.717, 1.165) is 16.3 Å². The monoisotopic (exact) mass is 384 g/mol. The van der Waals surface area contributed by atoms with Gasteiger partial charge in [-0.25, -0.2) is 9.97 Å². The Morgan fingerprint density at radius 2 is 1.81 bits per heavy atom. The third-order valence-corrected chi connectivity index (χ3v) is 4.62. The highest BCUT2D eigenvalue weighted by molar-refractivity contribution is 7.99. The van der Waals surface area contributed by atoms with Gasteiger partial charge in [-0.2, -0.15) is 0 Å². The van der Waals surface area contributed by atoms with Gasteiger partial charge in [0.1, 0.15) is 17.2 Å². The van der Waals surface area contributed by atoms with Crippen molar-refractivity contribution >= 4 is 40.8 Å². The fourth-order valence-electron chi connectivity index (χ4n) is 2.17. The molecule has 0 fully saturated rings. The largest absolute Gasteiger partial charge is 0.366 e. The lowest BCUT2D eigenvalue weighted by Crippen LogP contribution is -2.14. The van der Waals surface area contributed by atoms with Crippen molar-refractivity contribution in [3.05, 3.63) is 77.6 Å². The number of thioether (sulfide) groups is 1. The van der Waals surface area contributed by atoms with Crippen LogP contribution in [0, 0.1) is 0 Å². The lowest BCUT2D eigenvalue weighted by molar-refractivity contribution is -0.113. The molecule has 0 saturated carbocycles. The first kappa shape index (κ1) is 18.2. The van der Waals surface area contributed by atoms with Crippen molar-refractivity contribution in [2.24, 2.45) is 0 Å². The van der Waals surface area contributed by atoms with E-state index in [1.54, 1.807) is 0 Å². The number of rotatable bonds is 7. The average Bonchev–Trinajstić information content (AvgIpc) is 2.67. The third-order valence-electron chi connectivity index (χ3n) is 3.44. The number of halogens is 1. The Balaban J connectivity index is 1.50. The summed E-state index contributed by atoms with van der Waals surface area (Å²) < 4.78 is 0. The number of nitrogens with zero attached hydrogens (tertiary/aromatic N) is 2. The van der Waals surface area contributed by atoms with Gasteiger partial charge in [-0.15, -0.1) is 0 Å². The van der Waals surface area contributed by atoms with Crippen molar-refractivity contribution in [2.75, 3.05) is 16.4 Å². The van der Waals surface area contributed by atoms with Crippen LogP contribution in [0.4, 0.5) is 11.5 Å². The Morgan fingerprint density at radius 1 is 1.04 bits per heavy atom. The predicted octanol–water partition coefficient (Wildman–Crippen LogP) is 4.47. The van der Waals surface area contributed by atoms with Crippen LogP contribution in [-0.4, -0.2) is 21.6 Å². The van der Waals surface area contributed by atoms with Crippen molar-refractivity contribution in [3.8, 4) is 0 Å². The minimum atomic E-state index is -0.0736. The molecule has 132 valence electrons. The molecule has 0 atom stereocenters. The van der Waals surface area contributed by atoms with Gasteiger partial charge in [0.2, 0.25) is 5.91 Å². The van der Waals surface area contributed by atoms with E-state index in [1.807, 2.05) is 60.7 Å². The molecule has 0 aliphatic rings. The molecule has 0 spiro atoms. The van der Waals surface area contributed by atoms with Crippen molar-refractivity contribution < 1.29 is 4.79 Å². The van der Waals surface area contributed by atoms with Crippen LogP contribution >= 0.6 is 23.4 Å². The quantitative estimate of drug-likeness (QED) is 0.464. The topological polar surface area (TPSA) is 66.9 Å². The van der Waals surface area contributed by atoms with E-state index in [0.29, 0.717) is 17.4 Å². The number of anilines is 2. The Kier molecular flexibility index (Phi) is 6.46. The fraction of sp³-hybridized carbons (Fsp3) is 0.105. The molecule has 0 radical (unpaired) electrons. The van der Waals surface area contributed by atoms with Gasteiger partial charge < -0.3 is 10.6 Å². The highest BCUT2D eigenvalue weighted by Gasteiger charge is 2.06. The molecular weight excluding hydrogens is 368 g/mol. The third kappa shape index (κ3) is 5.75. The molecule has 0 saturated heterocycles. The molecule has 0 aliphatic heterocycles. The highest BCUT2D eigenvalue weighted by atomic mass is 35.5. The molecule has 7 heteroatoms. The van der Waals surface area contributed by atoms with Gasteiger partial charge in [0.25, 0.3) is 0 Å². The van der Waals surface area contributed by atoms with Crippen LogP contribution in [0.1, 0.15) is 5.56 Å². The molecule has 1 aromatic heterocycles. The van der Waals surface area contributed by atoms with E-state index in [4.69, 9.17) is 11.6 Å².